The lowest BCUT2D eigenvalue weighted by molar-refractivity contribution is -0.167. The van der Waals surface area contributed by atoms with Gasteiger partial charge in [-0.25, -0.2) is 0 Å². The number of unbranched alkanes of at least 4 members (excludes halogenated alkanes) is 44. The predicted molar refractivity (Wildman–Crippen MR) is 293 cm³/mol. The predicted octanol–water partition coefficient (Wildman–Crippen LogP) is 20.6. The maximum atomic E-state index is 12.8. The van der Waals surface area contributed by atoms with E-state index in [2.05, 4.69) is 27.7 Å². The Labute approximate surface area is 425 Å². The van der Waals surface area contributed by atoms with Crippen molar-refractivity contribution >= 4 is 17.9 Å². The molecule has 68 heavy (non-hydrogen) atoms. The Balaban J connectivity index is 4.21. The molecular weight excluding hydrogens is 841 g/mol. The molecule has 0 saturated heterocycles. The Morgan fingerprint density at radius 2 is 0.485 bits per heavy atom. The number of ether oxygens (including phenoxy) is 3. The summed E-state index contributed by atoms with van der Waals surface area (Å²) in [5.41, 5.74) is 0. The van der Waals surface area contributed by atoms with Crippen LogP contribution < -0.4 is 0 Å². The zero-order valence-corrected chi connectivity index (χ0v) is 46.6. The maximum Gasteiger partial charge on any atom is 0.306 e. The minimum absolute atomic E-state index is 0.0614. The van der Waals surface area contributed by atoms with Crippen LogP contribution in [0.3, 0.4) is 0 Å². The van der Waals surface area contributed by atoms with Crippen LogP contribution in [-0.4, -0.2) is 37.2 Å². The van der Waals surface area contributed by atoms with Gasteiger partial charge in [-0.3, -0.25) is 14.4 Å². The van der Waals surface area contributed by atoms with Gasteiger partial charge in [0.15, 0.2) is 6.10 Å². The summed E-state index contributed by atoms with van der Waals surface area (Å²) in [6, 6.07) is 0. The van der Waals surface area contributed by atoms with Crippen molar-refractivity contribution in [1.82, 2.24) is 0 Å². The second-order valence-corrected chi connectivity index (χ2v) is 21.8. The molecule has 0 spiro atoms. The van der Waals surface area contributed by atoms with E-state index in [1.165, 1.54) is 250 Å². The van der Waals surface area contributed by atoms with Crippen molar-refractivity contribution in [3.8, 4) is 0 Å². The number of rotatable bonds is 57. The number of hydrogen-bond donors (Lipinski definition) is 0. The molecule has 0 aromatic rings. The van der Waals surface area contributed by atoms with E-state index in [9.17, 15) is 14.4 Å². The van der Waals surface area contributed by atoms with Crippen LogP contribution >= 0.6 is 0 Å². The number of esters is 3. The van der Waals surface area contributed by atoms with Crippen molar-refractivity contribution in [2.24, 2.45) is 5.92 Å². The molecule has 0 fully saturated rings. The Morgan fingerprint density at radius 3 is 0.721 bits per heavy atom. The van der Waals surface area contributed by atoms with Crippen molar-refractivity contribution in [1.29, 1.82) is 0 Å². The third-order valence-corrected chi connectivity index (χ3v) is 14.3. The van der Waals surface area contributed by atoms with Crippen LogP contribution in [0.15, 0.2) is 0 Å². The molecule has 0 aliphatic rings. The van der Waals surface area contributed by atoms with Crippen LogP contribution in [0.5, 0.6) is 0 Å². The SMILES string of the molecule is CCCCCCCCCCCCCCCCCCCC(=O)OC[C@@H](COC(=O)CCCCCCCCCCCCCCCCCCCCC(C)C)OC(=O)CCCCCCCCCCCCCC. The molecule has 0 unspecified atom stereocenters. The van der Waals surface area contributed by atoms with Gasteiger partial charge in [0.2, 0.25) is 0 Å². The first-order chi connectivity index (χ1) is 33.4. The van der Waals surface area contributed by atoms with Crippen LogP contribution in [0.4, 0.5) is 0 Å². The first kappa shape index (κ1) is 66.4. The van der Waals surface area contributed by atoms with E-state index in [1.807, 2.05) is 0 Å². The number of hydrogen-bond acceptors (Lipinski definition) is 6. The number of carbonyl (C=O) groups is 3. The Kier molecular flexibility index (Phi) is 55.0. The van der Waals surface area contributed by atoms with Gasteiger partial charge < -0.3 is 14.2 Å². The van der Waals surface area contributed by atoms with Gasteiger partial charge in [0, 0.05) is 19.3 Å². The summed E-state index contributed by atoms with van der Waals surface area (Å²) in [4.78, 5) is 38.2. The molecule has 0 amide bonds. The van der Waals surface area contributed by atoms with E-state index >= 15 is 0 Å². The quantitative estimate of drug-likeness (QED) is 0.0343. The maximum absolute atomic E-state index is 12.8. The van der Waals surface area contributed by atoms with Crippen LogP contribution in [0, 0.1) is 5.92 Å². The zero-order valence-electron chi connectivity index (χ0n) is 46.6. The summed E-state index contributed by atoms with van der Waals surface area (Å²) in [6.45, 7) is 9.09. The van der Waals surface area contributed by atoms with E-state index < -0.39 is 6.10 Å². The molecule has 1 atom stereocenters. The fourth-order valence-corrected chi connectivity index (χ4v) is 9.63. The molecular formula is C62H120O6. The van der Waals surface area contributed by atoms with Crippen LogP contribution in [0.25, 0.3) is 0 Å². The highest BCUT2D eigenvalue weighted by Gasteiger charge is 2.19. The lowest BCUT2D eigenvalue weighted by Gasteiger charge is -2.18. The summed E-state index contributed by atoms with van der Waals surface area (Å²) >= 11 is 0. The first-order valence-corrected chi connectivity index (χ1v) is 30.9. The van der Waals surface area contributed by atoms with Gasteiger partial charge in [-0.15, -0.1) is 0 Å². The van der Waals surface area contributed by atoms with Gasteiger partial charge in [-0.2, -0.15) is 0 Å². The second kappa shape index (κ2) is 56.3. The second-order valence-electron chi connectivity index (χ2n) is 21.8. The average Bonchev–Trinajstić information content (AvgIpc) is 3.32. The topological polar surface area (TPSA) is 78.9 Å². The normalized spacial score (nSPS) is 12.0. The van der Waals surface area contributed by atoms with Gasteiger partial charge >= 0.3 is 17.9 Å². The minimum Gasteiger partial charge on any atom is -0.462 e. The molecule has 0 bridgehead atoms. The van der Waals surface area contributed by atoms with Gasteiger partial charge in [0.25, 0.3) is 0 Å². The lowest BCUT2D eigenvalue weighted by atomic mass is 10.0. The zero-order chi connectivity index (χ0) is 49.5. The molecule has 0 rings (SSSR count). The van der Waals surface area contributed by atoms with Crippen LogP contribution in [-0.2, 0) is 28.6 Å². The van der Waals surface area contributed by atoms with Gasteiger partial charge in [-0.1, -0.05) is 317 Å². The largest absolute Gasteiger partial charge is 0.462 e. The molecule has 0 aliphatic carbocycles. The van der Waals surface area contributed by atoms with Crippen LogP contribution in [0.1, 0.15) is 355 Å². The van der Waals surface area contributed by atoms with E-state index in [4.69, 9.17) is 14.2 Å². The summed E-state index contributed by atoms with van der Waals surface area (Å²) in [6.07, 6.45) is 62.4. The molecule has 0 heterocycles. The highest BCUT2D eigenvalue weighted by molar-refractivity contribution is 5.71. The lowest BCUT2D eigenvalue weighted by Crippen LogP contribution is -2.30. The standard InChI is InChI=1S/C62H120O6/c1-5-7-9-11-13-15-17-19-20-23-27-30-34-37-41-45-49-53-60(63)66-56-59(68-62(65)55-51-47-43-39-33-18-16-14-12-10-8-6-2)57-67-61(64)54-50-46-42-38-35-31-28-25-22-21-24-26-29-32-36-40-44-48-52-58(3)4/h58-59H,5-57H2,1-4H3/t59-/m0/s1. The van der Waals surface area contributed by atoms with Crippen molar-refractivity contribution in [2.45, 2.75) is 361 Å². The summed E-state index contributed by atoms with van der Waals surface area (Å²) < 4.78 is 16.9. The van der Waals surface area contributed by atoms with E-state index in [-0.39, 0.29) is 31.1 Å². The molecule has 0 aromatic heterocycles. The van der Waals surface area contributed by atoms with E-state index in [0.717, 1.165) is 63.7 Å². The summed E-state index contributed by atoms with van der Waals surface area (Å²) in [5, 5.41) is 0. The first-order valence-electron chi connectivity index (χ1n) is 30.9. The van der Waals surface area contributed by atoms with Crippen molar-refractivity contribution in [3.63, 3.8) is 0 Å². The Hall–Kier alpha value is -1.59. The summed E-state index contributed by atoms with van der Waals surface area (Å²) in [5.74, 6) is 0.0283. The summed E-state index contributed by atoms with van der Waals surface area (Å²) in [7, 11) is 0. The highest BCUT2D eigenvalue weighted by Crippen LogP contribution is 2.18. The van der Waals surface area contributed by atoms with Gasteiger partial charge in [0.1, 0.15) is 13.2 Å². The van der Waals surface area contributed by atoms with Crippen LogP contribution in [0.2, 0.25) is 0 Å². The van der Waals surface area contributed by atoms with Crippen molar-refractivity contribution in [3.05, 3.63) is 0 Å². The third-order valence-electron chi connectivity index (χ3n) is 14.3. The van der Waals surface area contributed by atoms with Crippen molar-refractivity contribution < 1.29 is 28.6 Å². The van der Waals surface area contributed by atoms with Gasteiger partial charge in [-0.05, 0) is 25.2 Å². The highest BCUT2D eigenvalue weighted by atomic mass is 16.6. The fourth-order valence-electron chi connectivity index (χ4n) is 9.63. The average molecular weight is 962 g/mol. The molecule has 0 aliphatic heterocycles. The molecule has 0 N–H and O–H groups in total. The molecule has 6 heteroatoms. The molecule has 0 saturated carbocycles. The molecule has 404 valence electrons. The smallest absolute Gasteiger partial charge is 0.306 e. The molecule has 0 radical (unpaired) electrons. The van der Waals surface area contributed by atoms with E-state index in [1.54, 1.807) is 0 Å². The fraction of sp³-hybridized carbons (Fsp3) is 0.952. The Morgan fingerprint density at radius 1 is 0.279 bits per heavy atom. The van der Waals surface area contributed by atoms with Crippen molar-refractivity contribution in [2.75, 3.05) is 13.2 Å². The molecule has 6 nitrogen and oxygen atoms in total. The molecule has 0 aromatic carbocycles. The monoisotopic (exact) mass is 961 g/mol. The number of carbonyl (C=O) groups excluding carboxylic acids is 3. The third kappa shape index (κ3) is 55.3. The van der Waals surface area contributed by atoms with Gasteiger partial charge in [0.05, 0.1) is 0 Å². The van der Waals surface area contributed by atoms with E-state index in [0.29, 0.717) is 19.3 Å². The minimum atomic E-state index is -0.762. The Bertz CT molecular complexity index is 1030.